The van der Waals surface area contributed by atoms with Crippen LogP contribution >= 0.6 is 0 Å². The third-order valence-corrected chi connectivity index (χ3v) is 8.19. The highest BCUT2D eigenvalue weighted by atomic mass is 19.1. The van der Waals surface area contributed by atoms with Crippen LogP contribution in [0, 0.1) is 5.82 Å². The molecule has 0 bridgehead atoms. The number of carbonyl (C=O) groups is 5. The first kappa shape index (κ1) is 35.1. The Hall–Kier alpha value is -4.72. The van der Waals surface area contributed by atoms with E-state index in [0.717, 1.165) is 4.90 Å². The molecule has 3 unspecified atom stereocenters. The molecule has 14 heteroatoms. The van der Waals surface area contributed by atoms with Crippen LogP contribution in [0.2, 0.25) is 0 Å². The number of ketones is 1. The van der Waals surface area contributed by atoms with Crippen molar-refractivity contribution in [2.45, 2.75) is 69.7 Å². The summed E-state index contributed by atoms with van der Waals surface area (Å²) >= 11 is 0. The molecule has 2 aromatic rings. The molecule has 0 saturated carbocycles. The Labute approximate surface area is 272 Å². The molecule has 13 nitrogen and oxygen atoms in total. The van der Waals surface area contributed by atoms with Gasteiger partial charge in [0.05, 0.1) is 7.11 Å². The van der Waals surface area contributed by atoms with Gasteiger partial charge in [-0.05, 0) is 82.0 Å². The van der Waals surface area contributed by atoms with Crippen molar-refractivity contribution in [3.8, 4) is 0 Å². The molecular formula is C33H41FN4O9. The molecule has 2 aliphatic rings. The molecule has 3 N–H and O–H groups in total. The summed E-state index contributed by atoms with van der Waals surface area (Å²) in [6.45, 7) is 5.90. The van der Waals surface area contributed by atoms with Gasteiger partial charge in [-0.1, -0.05) is 12.1 Å². The summed E-state index contributed by atoms with van der Waals surface area (Å²) in [6.07, 6.45) is -0.873. The van der Waals surface area contributed by atoms with Gasteiger partial charge in [0.25, 0.3) is 0 Å². The average Bonchev–Trinajstić information content (AvgIpc) is 3.03. The molecule has 2 fully saturated rings. The van der Waals surface area contributed by atoms with E-state index in [2.05, 4.69) is 20.3 Å². The first-order valence-corrected chi connectivity index (χ1v) is 15.4. The Morgan fingerprint density at radius 2 is 1.60 bits per heavy atom. The summed E-state index contributed by atoms with van der Waals surface area (Å²) in [5.74, 6) is -2.58. The van der Waals surface area contributed by atoms with Crippen molar-refractivity contribution < 1.29 is 47.7 Å². The van der Waals surface area contributed by atoms with Gasteiger partial charge in [-0.25, -0.2) is 23.6 Å². The minimum absolute atomic E-state index is 0.0135. The molecular weight excluding hydrogens is 615 g/mol. The van der Waals surface area contributed by atoms with Crippen LogP contribution in [0.25, 0.3) is 0 Å². The molecule has 0 spiro atoms. The number of piperidine rings is 2. The average molecular weight is 657 g/mol. The zero-order valence-corrected chi connectivity index (χ0v) is 26.9. The van der Waals surface area contributed by atoms with Crippen LogP contribution < -0.4 is 10.6 Å². The Balaban J connectivity index is 1.46. The lowest BCUT2D eigenvalue weighted by Crippen LogP contribution is -2.60. The van der Waals surface area contributed by atoms with Crippen LogP contribution in [0.3, 0.4) is 0 Å². The number of carboxylic acid groups (broad SMARTS) is 1. The highest BCUT2D eigenvalue weighted by Gasteiger charge is 2.46. The van der Waals surface area contributed by atoms with Gasteiger partial charge >= 0.3 is 24.2 Å². The number of nitrogens with one attached hydrogen (secondary N) is 2. The van der Waals surface area contributed by atoms with E-state index in [1.165, 1.54) is 55.6 Å². The first-order valence-electron chi connectivity index (χ1n) is 15.4. The smallest absolute Gasteiger partial charge is 0.411 e. The molecule has 47 heavy (non-hydrogen) atoms. The third kappa shape index (κ3) is 9.64. The number of alkyl carbamates (subject to hydrolysis) is 1. The van der Waals surface area contributed by atoms with Gasteiger partial charge in [0.2, 0.25) is 0 Å². The number of likely N-dealkylation sites (tertiary alicyclic amines) is 2. The number of ether oxygens (including phenoxy) is 3. The number of rotatable bonds is 8. The van der Waals surface area contributed by atoms with Crippen molar-refractivity contribution in [3.05, 3.63) is 65.5 Å². The number of hydrogen-bond acceptors (Lipinski definition) is 9. The molecule has 2 aromatic carbocycles. The Kier molecular flexibility index (Phi) is 11.4. The SMILES string of the molecule is COC(=O)Nc1ccc(C(=O)COC(=O)C2C(c3ccc(F)cc3)CC(N3CCC(NC(=O)OC(C)(C)C)CC3)CN2C(=O)O)cc1. The van der Waals surface area contributed by atoms with Gasteiger partial charge in [0, 0.05) is 48.9 Å². The topological polar surface area (TPSA) is 164 Å². The molecule has 0 aromatic heterocycles. The lowest BCUT2D eigenvalue weighted by atomic mass is 9.80. The highest BCUT2D eigenvalue weighted by Crippen LogP contribution is 2.36. The van der Waals surface area contributed by atoms with Gasteiger partial charge in [-0.3, -0.25) is 19.9 Å². The number of benzene rings is 2. The fraction of sp³-hybridized carbons (Fsp3) is 0.485. The molecule has 254 valence electrons. The molecule has 3 amide bonds. The Morgan fingerprint density at radius 3 is 2.17 bits per heavy atom. The summed E-state index contributed by atoms with van der Waals surface area (Å²) in [4.78, 5) is 65.8. The first-order chi connectivity index (χ1) is 22.2. The summed E-state index contributed by atoms with van der Waals surface area (Å²) < 4.78 is 29.2. The van der Waals surface area contributed by atoms with Gasteiger partial charge < -0.3 is 24.6 Å². The van der Waals surface area contributed by atoms with Crippen molar-refractivity contribution in [1.82, 2.24) is 15.1 Å². The van der Waals surface area contributed by atoms with Crippen molar-refractivity contribution in [2.75, 3.05) is 38.7 Å². The molecule has 2 heterocycles. The predicted octanol–water partition coefficient (Wildman–Crippen LogP) is 4.62. The fourth-order valence-electron chi connectivity index (χ4n) is 5.93. The van der Waals surface area contributed by atoms with Crippen LogP contribution in [0.5, 0.6) is 0 Å². The zero-order chi connectivity index (χ0) is 34.3. The van der Waals surface area contributed by atoms with Crippen molar-refractivity contribution in [1.29, 1.82) is 0 Å². The predicted molar refractivity (Wildman–Crippen MR) is 168 cm³/mol. The summed E-state index contributed by atoms with van der Waals surface area (Å²) in [6, 6.07) is 9.77. The molecule has 3 atom stereocenters. The second-order valence-electron chi connectivity index (χ2n) is 12.6. The number of amides is 3. The number of methoxy groups -OCH3 is 1. The lowest BCUT2D eigenvalue weighted by molar-refractivity contribution is -0.151. The van der Waals surface area contributed by atoms with E-state index in [-0.39, 0.29) is 24.2 Å². The normalized spacial score (nSPS) is 20.5. The second-order valence-corrected chi connectivity index (χ2v) is 12.6. The molecule has 4 rings (SSSR count). The second kappa shape index (κ2) is 15.2. The maximum Gasteiger partial charge on any atom is 0.411 e. The number of carbonyl (C=O) groups excluding carboxylic acids is 4. The number of esters is 1. The van der Waals surface area contributed by atoms with Crippen molar-refractivity contribution in [2.24, 2.45) is 0 Å². The van der Waals surface area contributed by atoms with Crippen LogP contribution in [0.4, 0.5) is 24.5 Å². The van der Waals surface area contributed by atoms with Crippen LogP contribution in [0.1, 0.15) is 61.9 Å². The number of anilines is 1. The van der Waals surface area contributed by atoms with Crippen LogP contribution in [-0.2, 0) is 19.0 Å². The summed E-state index contributed by atoms with van der Waals surface area (Å²) in [7, 11) is 1.22. The van der Waals surface area contributed by atoms with E-state index in [1.807, 2.05) is 0 Å². The van der Waals surface area contributed by atoms with E-state index >= 15 is 0 Å². The Bertz CT molecular complexity index is 1440. The standard InChI is InChI=1S/C33H41FN4O9/c1-33(2,3)47-31(42)36-24-13-15-37(16-14-24)25-17-26(20-5-9-22(34)10-6-20)28(38(18-25)32(43)44)29(40)46-19-27(39)21-7-11-23(12-8-21)35-30(41)45-4/h5-12,24-26,28H,13-19H2,1-4H3,(H,35,41)(H,36,42)(H,43,44). The number of hydrogen-bond donors (Lipinski definition) is 3. The van der Waals surface area contributed by atoms with Crippen molar-refractivity contribution in [3.63, 3.8) is 0 Å². The quantitative estimate of drug-likeness (QED) is 0.207. The lowest BCUT2D eigenvalue weighted by Gasteiger charge is -2.47. The minimum Gasteiger partial charge on any atom is -0.465 e. The van der Waals surface area contributed by atoms with E-state index in [4.69, 9.17) is 9.47 Å². The molecule has 0 aliphatic carbocycles. The maximum atomic E-state index is 13.9. The largest absolute Gasteiger partial charge is 0.465 e. The van der Waals surface area contributed by atoms with E-state index in [0.29, 0.717) is 43.6 Å². The molecule has 2 saturated heterocycles. The Morgan fingerprint density at radius 1 is 0.957 bits per heavy atom. The van der Waals surface area contributed by atoms with Gasteiger partial charge in [-0.2, -0.15) is 0 Å². The molecule has 2 aliphatic heterocycles. The van der Waals surface area contributed by atoms with E-state index < -0.39 is 60.0 Å². The van der Waals surface area contributed by atoms with Gasteiger partial charge in [0.15, 0.2) is 12.4 Å². The van der Waals surface area contributed by atoms with Crippen molar-refractivity contribution >= 4 is 35.7 Å². The van der Waals surface area contributed by atoms with Crippen LogP contribution in [-0.4, -0.2) is 102 Å². The third-order valence-electron chi connectivity index (χ3n) is 8.19. The number of Topliss-reactive ketones (excluding diaryl/α,β-unsaturated/α-hetero) is 1. The van der Waals surface area contributed by atoms with E-state index in [9.17, 15) is 33.5 Å². The van der Waals surface area contributed by atoms with Crippen LogP contribution in [0.15, 0.2) is 48.5 Å². The minimum atomic E-state index is -1.33. The monoisotopic (exact) mass is 656 g/mol. The highest BCUT2D eigenvalue weighted by molar-refractivity contribution is 5.99. The maximum absolute atomic E-state index is 13.9. The summed E-state index contributed by atoms with van der Waals surface area (Å²) in [5.41, 5.74) is 0.547. The fourth-order valence-corrected chi connectivity index (χ4v) is 5.93. The zero-order valence-electron chi connectivity index (χ0n) is 26.9. The molecule has 0 radical (unpaired) electrons. The summed E-state index contributed by atoms with van der Waals surface area (Å²) in [5, 5.41) is 15.6. The van der Waals surface area contributed by atoms with Gasteiger partial charge in [0.1, 0.15) is 17.5 Å². The van der Waals surface area contributed by atoms with Gasteiger partial charge in [-0.15, -0.1) is 0 Å². The number of nitrogens with zero attached hydrogens (tertiary/aromatic N) is 2. The number of halogens is 1. The van der Waals surface area contributed by atoms with E-state index in [1.54, 1.807) is 20.8 Å².